The molecule has 0 atom stereocenters. The molecule has 140 valence electrons. The third kappa shape index (κ3) is 6.31. The Kier molecular flexibility index (Phi) is 8.19. The van der Waals surface area contributed by atoms with E-state index in [-0.39, 0.29) is 17.6 Å². The molecule has 25 heavy (non-hydrogen) atoms. The number of rotatable bonds is 9. The van der Waals surface area contributed by atoms with E-state index >= 15 is 0 Å². The zero-order valence-electron chi connectivity index (χ0n) is 15.4. The number of carbonyl (C=O) groups excluding carboxylic acids is 1. The molecular weight excluding hydrogens is 321 g/mol. The van der Waals surface area contributed by atoms with Crippen molar-refractivity contribution in [3.8, 4) is 5.75 Å². The second kappa shape index (κ2) is 10.4. The molecule has 0 aliphatic heterocycles. The molecule has 0 aromatic heterocycles. The minimum absolute atomic E-state index is 0.197. The van der Waals surface area contributed by atoms with Crippen LogP contribution in [0.25, 0.3) is 0 Å². The number of nitrogens with zero attached hydrogens (tertiary/aromatic N) is 1. The maximum Gasteiger partial charge on any atom is 0.225 e. The Morgan fingerprint density at radius 3 is 2.68 bits per heavy atom. The number of hydrogen-bond donors (Lipinski definition) is 0. The molecule has 5 heteroatoms. The number of likely N-dealkylation sites (N-methyl/N-ethyl adjacent to an activating group) is 1. The van der Waals surface area contributed by atoms with Crippen molar-refractivity contribution in [1.29, 1.82) is 0 Å². The summed E-state index contributed by atoms with van der Waals surface area (Å²) in [4.78, 5) is 14.1. The first-order valence-corrected chi connectivity index (χ1v) is 9.35. The van der Waals surface area contributed by atoms with Crippen molar-refractivity contribution < 1.29 is 18.7 Å². The predicted octanol–water partition coefficient (Wildman–Crippen LogP) is 3.82. The van der Waals surface area contributed by atoms with Crippen LogP contribution in [0.3, 0.4) is 0 Å². The smallest absolute Gasteiger partial charge is 0.225 e. The molecule has 2 rings (SSSR count). The Bertz CT molecular complexity index is 544. The summed E-state index contributed by atoms with van der Waals surface area (Å²) in [6.07, 6.45) is 6.42. The fourth-order valence-corrected chi connectivity index (χ4v) is 3.24. The lowest BCUT2D eigenvalue weighted by Gasteiger charge is -2.26. The van der Waals surface area contributed by atoms with Gasteiger partial charge in [0, 0.05) is 25.6 Å². The van der Waals surface area contributed by atoms with Crippen LogP contribution >= 0.6 is 0 Å². The maximum absolute atomic E-state index is 13.3. The number of halogens is 1. The quantitative estimate of drug-likeness (QED) is 0.635. The summed E-state index contributed by atoms with van der Waals surface area (Å²) in [5.41, 5.74) is 0.985. The molecule has 0 heterocycles. The van der Waals surface area contributed by atoms with E-state index < -0.39 is 0 Å². The van der Waals surface area contributed by atoms with Crippen molar-refractivity contribution in [2.24, 2.45) is 5.92 Å². The van der Waals surface area contributed by atoms with Crippen LogP contribution in [0.5, 0.6) is 5.75 Å². The molecule has 0 radical (unpaired) electrons. The van der Waals surface area contributed by atoms with Gasteiger partial charge >= 0.3 is 0 Å². The molecule has 0 spiro atoms. The van der Waals surface area contributed by atoms with Crippen LogP contribution in [0.2, 0.25) is 0 Å². The highest BCUT2D eigenvalue weighted by Gasteiger charge is 2.23. The van der Waals surface area contributed by atoms with Gasteiger partial charge in [-0.15, -0.1) is 0 Å². The third-order valence-electron chi connectivity index (χ3n) is 4.80. The summed E-state index contributed by atoms with van der Waals surface area (Å²) in [5, 5.41) is 0. The Balaban J connectivity index is 1.61. The van der Waals surface area contributed by atoms with E-state index in [0.29, 0.717) is 32.1 Å². The molecule has 0 N–H and O–H groups in total. The van der Waals surface area contributed by atoms with Gasteiger partial charge in [0.1, 0.15) is 18.2 Å². The summed E-state index contributed by atoms with van der Waals surface area (Å²) >= 11 is 0. The molecule has 1 saturated carbocycles. The van der Waals surface area contributed by atoms with Gasteiger partial charge in [0.15, 0.2) is 0 Å². The van der Waals surface area contributed by atoms with Gasteiger partial charge in [0.2, 0.25) is 5.91 Å². The standard InChI is InChI=1S/C20H30FNO3/c1-3-16-9-10-18(21)15-19(16)25-14-13-24-12-11-22(2)20(23)17-7-5-4-6-8-17/h9-10,15,17H,3-8,11-14H2,1-2H3. The zero-order chi connectivity index (χ0) is 18.1. The lowest BCUT2D eigenvalue weighted by Crippen LogP contribution is -2.36. The fraction of sp³-hybridized carbons (Fsp3) is 0.650. The van der Waals surface area contributed by atoms with Crippen LogP contribution in [-0.2, 0) is 16.0 Å². The van der Waals surface area contributed by atoms with Crippen molar-refractivity contribution in [2.45, 2.75) is 45.4 Å². The second-order valence-electron chi connectivity index (χ2n) is 6.66. The van der Waals surface area contributed by atoms with E-state index in [2.05, 4.69) is 0 Å². The first kappa shape index (κ1) is 19.7. The zero-order valence-corrected chi connectivity index (χ0v) is 15.4. The molecule has 0 bridgehead atoms. The molecule has 1 aliphatic rings. The van der Waals surface area contributed by atoms with Gasteiger partial charge in [-0.2, -0.15) is 0 Å². The highest BCUT2D eigenvalue weighted by Crippen LogP contribution is 2.25. The number of hydrogen-bond acceptors (Lipinski definition) is 3. The van der Waals surface area contributed by atoms with Crippen molar-refractivity contribution in [3.05, 3.63) is 29.6 Å². The molecule has 1 amide bonds. The van der Waals surface area contributed by atoms with E-state index in [1.54, 1.807) is 11.0 Å². The van der Waals surface area contributed by atoms with Crippen molar-refractivity contribution in [3.63, 3.8) is 0 Å². The van der Waals surface area contributed by atoms with Gasteiger partial charge in [-0.3, -0.25) is 4.79 Å². The van der Waals surface area contributed by atoms with Crippen molar-refractivity contribution >= 4 is 5.91 Å². The van der Waals surface area contributed by atoms with Gasteiger partial charge < -0.3 is 14.4 Å². The number of carbonyl (C=O) groups is 1. The topological polar surface area (TPSA) is 38.8 Å². The van der Waals surface area contributed by atoms with Crippen LogP contribution in [0.1, 0.15) is 44.6 Å². The van der Waals surface area contributed by atoms with Gasteiger partial charge in [-0.1, -0.05) is 32.3 Å². The van der Waals surface area contributed by atoms with Gasteiger partial charge in [-0.05, 0) is 30.9 Å². The van der Waals surface area contributed by atoms with Gasteiger partial charge in [0.05, 0.1) is 13.2 Å². The van der Waals surface area contributed by atoms with Crippen LogP contribution in [0.4, 0.5) is 4.39 Å². The van der Waals surface area contributed by atoms with Gasteiger partial charge in [0.25, 0.3) is 0 Å². The largest absolute Gasteiger partial charge is 0.491 e. The highest BCUT2D eigenvalue weighted by atomic mass is 19.1. The fourth-order valence-electron chi connectivity index (χ4n) is 3.24. The summed E-state index contributed by atoms with van der Waals surface area (Å²) in [6.45, 7) is 3.88. The lowest BCUT2D eigenvalue weighted by molar-refractivity contribution is -0.135. The Hall–Kier alpha value is -1.62. The summed E-state index contributed by atoms with van der Waals surface area (Å²) in [5.74, 6) is 0.723. The lowest BCUT2D eigenvalue weighted by atomic mass is 9.88. The highest BCUT2D eigenvalue weighted by molar-refractivity contribution is 5.78. The maximum atomic E-state index is 13.3. The van der Waals surface area contributed by atoms with Crippen LogP contribution in [0, 0.1) is 11.7 Å². The number of benzene rings is 1. The Morgan fingerprint density at radius 1 is 1.20 bits per heavy atom. The minimum atomic E-state index is -0.295. The average molecular weight is 351 g/mol. The minimum Gasteiger partial charge on any atom is -0.491 e. The van der Waals surface area contributed by atoms with Gasteiger partial charge in [-0.25, -0.2) is 4.39 Å². The van der Waals surface area contributed by atoms with Crippen LogP contribution < -0.4 is 4.74 Å². The number of amides is 1. The van der Waals surface area contributed by atoms with Crippen LogP contribution in [-0.4, -0.2) is 44.2 Å². The number of ether oxygens (including phenoxy) is 2. The molecule has 1 aromatic carbocycles. The van der Waals surface area contributed by atoms with Crippen molar-refractivity contribution in [2.75, 3.05) is 33.4 Å². The van der Waals surface area contributed by atoms with E-state index in [1.165, 1.54) is 18.6 Å². The molecule has 1 aliphatic carbocycles. The van der Waals surface area contributed by atoms with E-state index in [9.17, 15) is 9.18 Å². The monoisotopic (exact) mass is 351 g/mol. The van der Waals surface area contributed by atoms with Crippen molar-refractivity contribution in [1.82, 2.24) is 4.90 Å². The SMILES string of the molecule is CCc1ccc(F)cc1OCCOCCN(C)C(=O)C1CCCCC1. The normalized spacial score (nSPS) is 15.2. The Labute approximate surface area is 150 Å². The van der Waals surface area contributed by atoms with Crippen LogP contribution in [0.15, 0.2) is 18.2 Å². The van der Waals surface area contributed by atoms with E-state index in [1.807, 2.05) is 14.0 Å². The predicted molar refractivity (Wildman–Crippen MR) is 96.3 cm³/mol. The van der Waals surface area contributed by atoms with E-state index in [4.69, 9.17) is 9.47 Å². The molecular formula is C20H30FNO3. The molecule has 1 fully saturated rings. The molecule has 0 unspecified atom stereocenters. The molecule has 0 saturated heterocycles. The molecule has 4 nitrogen and oxygen atoms in total. The summed E-state index contributed by atoms with van der Waals surface area (Å²) in [6, 6.07) is 4.61. The molecule has 1 aromatic rings. The summed E-state index contributed by atoms with van der Waals surface area (Å²) in [7, 11) is 1.84. The first-order chi connectivity index (χ1) is 12.1. The average Bonchev–Trinajstić information content (AvgIpc) is 2.64. The van der Waals surface area contributed by atoms with E-state index in [0.717, 1.165) is 37.7 Å². The third-order valence-corrected chi connectivity index (χ3v) is 4.80. The first-order valence-electron chi connectivity index (χ1n) is 9.35. The second-order valence-corrected chi connectivity index (χ2v) is 6.66. The number of aryl methyl sites for hydroxylation is 1. The Morgan fingerprint density at radius 2 is 1.96 bits per heavy atom. The summed E-state index contributed by atoms with van der Waals surface area (Å²) < 4.78 is 24.5.